The Bertz CT molecular complexity index is 452. The average Bonchev–Trinajstić information content (AvgIpc) is 2.34. The second kappa shape index (κ2) is 5.04. The number of amides is 1. The van der Waals surface area contributed by atoms with Crippen LogP contribution in [0.15, 0.2) is 30.4 Å². The highest BCUT2D eigenvalue weighted by molar-refractivity contribution is 5.95. The van der Waals surface area contributed by atoms with Crippen molar-refractivity contribution in [3.63, 3.8) is 0 Å². The molecule has 90 valence electrons. The molecule has 17 heavy (non-hydrogen) atoms. The number of carbonyl (C=O) groups is 1. The van der Waals surface area contributed by atoms with Gasteiger partial charge in [0.25, 0.3) is 5.91 Å². The van der Waals surface area contributed by atoms with E-state index in [2.05, 4.69) is 17.5 Å². The lowest BCUT2D eigenvalue weighted by Gasteiger charge is -2.19. The number of nitrogens with one attached hydrogen (secondary N) is 1. The minimum Gasteiger partial charge on any atom is -0.399 e. The lowest BCUT2D eigenvalue weighted by molar-refractivity contribution is 0.0934. The summed E-state index contributed by atoms with van der Waals surface area (Å²) in [5, 5.41) is 3.05. The molecule has 0 aliphatic heterocycles. The summed E-state index contributed by atoms with van der Waals surface area (Å²) in [6.07, 6.45) is 7.29. The van der Waals surface area contributed by atoms with Crippen LogP contribution in [0.2, 0.25) is 0 Å². The van der Waals surface area contributed by atoms with Crippen LogP contribution in [-0.4, -0.2) is 11.9 Å². The summed E-state index contributed by atoms with van der Waals surface area (Å²) in [5.41, 5.74) is 8.09. The van der Waals surface area contributed by atoms with Gasteiger partial charge in [0.15, 0.2) is 0 Å². The summed E-state index contributed by atoms with van der Waals surface area (Å²) in [5.74, 6) is -0.00611. The van der Waals surface area contributed by atoms with Gasteiger partial charge in [0.05, 0.1) is 0 Å². The minimum atomic E-state index is -0.00611. The van der Waals surface area contributed by atoms with Gasteiger partial charge in [-0.15, -0.1) is 0 Å². The summed E-state index contributed by atoms with van der Waals surface area (Å²) in [7, 11) is 0. The third-order valence-corrected chi connectivity index (χ3v) is 3.14. The van der Waals surface area contributed by atoms with Crippen molar-refractivity contribution < 1.29 is 4.79 Å². The first-order chi connectivity index (χ1) is 8.16. The zero-order valence-electron chi connectivity index (χ0n) is 10.1. The fourth-order valence-corrected chi connectivity index (χ4v) is 2.01. The molecule has 3 N–H and O–H groups in total. The molecule has 1 atom stereocenters. The van der Waals surface area contributed by atoms with Gasteiger partial charge in [0, 0.05) is 17.3 Å². The minimum absolute atomic E-state index is 0.00611. The zero-order chi connectivity index (χ0) is 12.3. The van der Waals surface area contributed by atoms with Crippen LogP contribution in [0, 0.1) is 6.92 Å². The number of carbonyl (C=O) groups excluding carboxylic acids is 1. The smallest absolute Gasteiger partial charge is 0.251 e. The lowest BCUT2D eigenvalue weighted by Crippen LogP contribution is -2.35. The third-order valence-electron chi connectivity index (χ3n) is 3.14. The van der Waals surface area contributed by atoms with E-state index >= 15 is 0 Å². The molecule has 3 nitrogen and oxygen atoms in total. The van der Waals surface area contributed by atoms with Crippen molar-refractivity contribution in [3.05, 3.63) is 41.5 Å². The molecule has 0 fully saturated rings. The van der Waals surface area contributed by atoms with E-state index in [1.807, 2.05) is 13.0 Å². The molecule has 0 saturated carbocycles. The number of hydrogen-bond donors (Lipinski definition) is 2. The quantitative estimate of drug-likeness (QED) is 0.605. The highest BCUT2D eigenvalue weighted by Crippen LogP contribution is 2.14. The van der Waals surface area contributed by atoms with Crippen molar-refractivity contribution in [2.75, 3.05) is 5.73 Å². The largest absolute Gasteiger partial charge is 0.399 e. The molecule has 0 heterocycles. The van der Waals surface area contributed by atoms with Gasteiger partial charge in [-0.2, -0.15) is 0 Å². The van der Waals surface area contributed by atoms with E-state index in [1.165, 1.54) is 0 Å². The maximum Gasteiger partial charge on any atom is 0.251 e. The Kier molecular flexibility index (Phi) is 3.47. The number of benzene rings is 1. The normalized spacial score (nSPS) is 19.0. The first-order valence-electron chi connectivity index (χ1n) is 5.99. The maximum absolute atomic E-state index is 12.0. The fourth-order valence-electron chi connectivity index (χ4n) is 2.01. The van der Waals surface area contributed by atoms with E-state index in [4.69, 9.17) is 5.73 Å². The fraction of sp³-hybridized carbons (Fsp3) is 0.357. The van der Waals surface area contributed by atoms with Gasteiger partial charge in [-0.05, 0) is 49.9 Å². The monoisotopic (exact) mass is 230 g/mol. The van der Waals surface area contributed by atoms with E-state index in [-0.39, 0.29) is 11.9 Å². The third kappa shape index (κ3) is 2.87. The predicted molar refractivity (Wildman–Crippen MR) is 69.8 cm³/mol. The van der Waals surface area contributed by atoms with Crippen molar-refractivity contribution in [2.45, 2.75) is 32.2 Å². The molecule has 1 aromatic rings. The first-order valence-corrected chi connectivity index (χ1v) is 5.99. The highest BCUT2D eigenvalue weighted by Gasteiger charge is 2.14. The number of nitrogens with two attached hydrogens (primary N) is 1. The van der Waals surface area contributed by atoms with Gasteiger partial charge in [0.2, 0.25) is 0 Å². The molecule has 1 aliphatic rings. The van der Waals surface area contributed by atoms with Gasteiger partial charge in [-0.3, -0.25) is 4.79 Å². The van der Waals surface area contributed by atoms with Crippen molar-refractivity contribution in [1.82, 2.24) is 5.32 Å². The van der Waals surface area contributed by atoms with Crippen LogP contribution in [0.5, 0.6) is 0 Å². The van der Waals surface area contributed by atoms with E-state index < -0.39 is 0 Å². The molecule has 0 aromatic heterocycles. The molecule has 0 radical (unpaired) electrons. The summed E-state index contributed by atoms with van der Waals surface area (Å²) >= 11 is 0. The van der Waals surface area contributed by atoms with E-state index in [9.17, 15) is 4.79 Å². The SMILES string of the molecule is Cc1cc(C(=O)NC2CC=CCC2)ccc1N. The number of allylic oxidation sites excluding steroid dienone is 1. The molecule has 2 rings (SSSR count). The number of anilines is 1. The molecule has 1 aromatic carbocycles. The standard InChI is InChI=1S/C14H18N2O/c1-10-9-11(7-8-13(10)15)14(17)16-12-5-3-2-4-6-12/h2-3,7-9,12H,4-6,15H2,1H3,(H,16,17). The Labute approximate surface area is 102 Å². The Morgan fingerprint density at radius 3 is 2.88 bits per heavy atom. The number of aryl methyl sites for hydroxylation is 1. The molecule has 1 unspecified atom stereocenters. The van der Waals surface area contributed by atoms with Gasteiger partial charge < -0.3 is 11.1 Å². The van der Waals surface area contributed by atoms with Crippen molar-refractivity contribution >= 4 is 11.6 Å². The molecule has 1 amide bonds. The highest BCUT2D eigenvalue weighted by atomic mass is 16.1. The van der Waals surface area contributed by atoms with Crippen LogP contribution in [0.4, 0.5) is 5.69 Å². The van der Waals surface area contributed by atoms with Crippen LogP contribution in [-0.2, 0) is 0 Å². The van der Waals surface area contributed by atoms with Crippen LogP contribution >= 0.6 is 0 Å². The number of hydrogen-bond acceptors (Lipinski definition) is 2. The van der Waals surface area contributed by atoms with Crippen molar-refractivity contribution in [3.8, 4) is 0 Å². The summed E-state index contributed by atoms with van der Waals surface area (Å²) < 4.78 is 0. The summed E-state index contributed by atoms with van der Waals surface area (Å²) in [4.78, 5) is 12.0. The molecular weight excluding hydrogens is 212 g/mol. The van der Waals surface area contributed by atoms with E-state index in [0.29, 0.717) is 5.56 Å². The maximum atomic E-state index is 12.0. The summed E-state index contributed by atoms with van der Waals surface area (Å²) in [6.45, 7) is 1.91. The lowest BCUT2D eigenvalue weighted by atomic mass is 10.0. The molecule has 0 bridgehead atoms. The van der Waals surface area contributed by atoms with E-state index in [0.717, 1.165) is 30.5 Å². The van der Waals surface area contributed by atoms with Gasteiger partial charge >= 0.3 is 0 Å². The Morgan fingerprint density at radius 2 is 2.24 bits per heavy atom. The van der Waals surface area contributed by atoms with Gasteiger partial charge in [-0.1, -0.05) is 12.2 Å². The second-order valence-corrected chi connectivity index (χ2v) is 4.53. The Balaban J connectivity index is 2.03. The van der Waals surface area contributed by atoms with Gasteiger partial charge in [-0.25, -0.2) is 0 Å². The van der Waals surface area contributed by atoms with Crippen LogP contribution in [0.3, 0.4) is 0 Å². The Morgan fingerprint density at radius 1 is 1.41 bits per heavy atom. The van der Waals surface area contributed by atoms with Crippen LogP contribution < -0.4 is 11.1 Å². The topological polar surface area (TPSA) is 55.1 Å². The number of nitrogen functional groups attached to an aromatic ring is 1. The molecule has 0 saturated heterocycles. The van der Waals surface area contributed by atoms with Crippen LogP contribution in [0.25, 0.3) is 0 Å². The molecule has 1 aliphatic carbocycles. The van der Waals surface area contributed by atoms with Gasteiger partial charge in [0.1, 0.15) is 0 Å². The summed E-state index contributed by atoms with van der Waals surface area (Å²) in [6, 6.07) is 5.66. The first kappa shape index (κ1) is 11.7. The average molecular weight is 230 g/mol. The van der Waals surface area contributed by atoms with E-state index in [1.54, 1.807) is 12.1 Å². The second-order valence-electron chi connectivity index (χ2n) is 4.53. The number of rotatable bonds is 2. The molecule has 0 spiro atoms. The molecular formula is C14H18N2O. The molecule has 3 heteroatoms. The zero-order valence-corrected chi connectivity index (χ0v) is 10.1. The van der Waals surface area contributed by atoms with Crippen molar-refractivity contribution in [2.24, 2.45) is 0 Å². The Hall–Kier alpha value is -1.77. The van der Waals surface area contributed by atoms with Crippen molar-refractivity contribution in [1.29, 1.82) is 0 Å². The van der Waals surface area contributed by atoms with Crippen LogP contribution in [0.1, 0.15) is 35.2 Å². The predicted octanol–water partition coefficient (Wildman–Crippen LogP) is 2.42.